The molecule has 3 heterocycles. The maximum absolute atomic E-state index is 14.1. The van der Waals surface area contributed by atoms with Gasteiger partial charge in [-0.2, -0.15) is 5.26 Å². The van der Waals surface area contributed by atoms with Gasteiger partial charge in [-0.25, -0.2) is 4.39 Å². The summed E-state index contributed by atoms with van der Waals surface area (Å²) in [5.41, 5.74) is 2.99. The molecule has 136 valence electrons. The molecule has 5 heteroatoms. The molecule has 1 unspecified atom stereocenters. The van der Waals surface area contributed by atoms with Gasteiger partial charge >= 0.3 is 0 Å². The quantitative estimate of drug-likeness (QED) is 0.819. The van der Waals surface area contributed by atoms with Crippen LogP contribution in [0.3, 0.4) is 0 Å². The van der Waals surface area contributed by atoms with Gasteiger partial charge in [0.1, 0.15) is 11.9 Å². The zero-order valence-electron chi connectivity index (χ0n) is 15.5. The molecule has 0 bridgehead atoms. The molecule has 1 aromatic heterocycles. The third-order valence-electron chi connectivity index (χ3n) is 6.07. The van der Waals surface area contributed by atoms with Gasteiger partial charge in [-0.15, -0.1) is 0 Å². The zero-order chi connectivity index (χ0) is 18.3. The van der Waals surface area contributed by atoms with Gasteiger partial charge in [-0.05, 0) is 63.8 Å². The van der Waals surface area contributed by atoms with E-state index in [1.54, 1.807) is 6.20 Å². The van der Waals surface area contributed by atoms with Gasteiger partial charge in [-0.3, -0.25) is 9.88 Å². The molecule has 0 spiro atoms. The standard InChI is InChI=1S/C21H25FN4/c1-14-10-17(22)11-19-20(14)24-13-16(12-23)21(19)25-8-5-18(6-9-25)26-7-3-4-15(26)2/h10-11,13,15,18H,3-9H2,1-2H3. The highest BCUT2D eigenvalue weighted by molar-refractivity contribution is 5.96. The molecule has 0 N–H and O–H groups in total. The lowest BCUT2D eigenvalue weighted by Gasteiger charge is -2.40. The van der Waals surface area contributed by atoms with Crippen LogP contribution < -0.4 is 4.90 Å². The highest BCUT2D eigenvalue weighted by Crippen LogP contribution is 2.34. The second kappa shape index (κ2) is 6.85. The molecule has 2 aliphatic heterocycles. The minimum absolute atomic E-state index is 0.270. The Balaban J connectivity index is 1.66. The van der Waals surface area contributed by atoms with Crippen LogP contribution in [0.2, 0.25) is 0 Å². The van der Waals surface area contributed by atoms with Crippen LogP contribution in [0.1, 0.15) is 43.7 Å². The molecule has 0 aliphatic carbocycles. The minimum Gasteiger partial charge on any atom is -0.370 e. The monoisotopic (exact) mass is 352 g/mol. The molecule has 1 aromatic carbocycles. The summed E-state index contributed by atoms with van der Waals surface area (Å²) in [5.74, 6) is -0.270. The fourth-order valence-electron chi connectivity index (χ4n) is 4.76. The van der Waals surface area contributed by atoms with Crippen molar-refractivity contribution < 1.29 is 4.39 Å². The van der Waals surface area contributed by atoms with E-state index in [4.69, 9.17) is 0 Å². The van der Waals surface area contributed by atoms with Gasteiger partial charge in [0.05, 0.1) is 16.8 Å². The van der Waals surface area contributed by atoms with Crippen molar-refractivity contribution >= 4 is 16.6 Å². The second-order valence-corrected chi connectivity index (χ2v) is 7.70. The Morgan fingerprint density at radius 3 is 2.62 bits per heavy atom. The minimum atomic E-state index is -0.270. The number of rotatable bonds is 2. The lowest BCUT2D eigenvalue weighted by Crippen LogP contribution is -2.46. The Bertz CT molecular complexity index is 864. The van der Waals surface area contributed by atoms with Crippen molar-refractivity contribution in [2.45, 2.75) is 51.6 Å². The Morgan fingerprint density at radius 2 is 1.96 bits per heavy atom. The van der Waals surface area contributed by atoms with E-state index in [0.717, 1.165) is 48.1 Å². The average Bonchev–Trinajstić information content (AvgIpc) is 3.06. The van der Waals surface area contributed by atoms with Crippen LogP contribution in [0.5, 0.6) is 0 Å². The Hall–Kier alpha value is -2.19. The summed E-state index contributed by atoms with van der Waals surface area (Å²) in [6.07, 6.45) is 6.41. The van der Waals surface area contributed by atoms with Gasteiger partial charge in [-0.1, -0.05) is 0 Å². The highest BCUT2D eigenvalue weighted by Gasteiger charge is 2.31. The van der Waals surface area contributed by atoms with Crippen LogP contribution >= 0.6 is 0 Å². The zero-order valence-corrected chi connectivity index (χ0v) is 15.5. The lowest BCUT2D eigenvalue weighted by atomic mass is 9.99. The number of fused-ring (bicyclic) bond motifs is 1. The van der Waals surface area contributed by atoms with E-state index in [-0.39, 0.29) is 5.82 Å². The summed E-state index contributed by atoms with van der Waals surface area (Å²) in [6, 6.07) is 6.60. The number of pyridine rings is 1. The third-order valence-corrected chi connectivity index (χ3v) is 6.07. The van der Waals surface area contributed by atoms with Crippen molar-refractivity contribution in [3.8, 4) is 6.07 Å². The largest absolute Gasteiger partial charge is 0.370 e. The molecular weight excluding hydrogens is 327 g/mol. The Kier molecular flexibility index (Phi) is 4.54. The smallest absolute Gasteiger partial charge is 0.124 e. The van der Waals surface area contributed by atoms with Crippen molar-refractivity contribution in [2.24, 2.45) is 0 Å². The molecule has 2 fully saturated rings. The van der Waals surface area contributed by atoms with E-state index in [1.165, 1.54) is 31.5 Å². The van der Waals surface area contributed by atoms with Gasteiger partial charge in [0.25, 0.3) is 0 Å². The van der Waals surface area contributed by atoms with E-state index in [2.05, 4.69) is 27.8 Å². The predicted molar refractivity (Wildman–Crippen MR) is 102 cm³/mol. The maximum atomic E-state index is 14.1. The van der Waals surface area contributed by atoms with Gasteiger partial charge in [0, 0.05) is 36.8 Å². The number of benzene rings is 1. The Labute approximate surface area is 154 Å². The third kappa shape index (κ3) is 2.93. The molecule has 26 heavy (non-hydrogen) atoms. The number of hydrogen-bond acceptors (Lipinski definition) is 4. The van der Waals surface area contributed by atoms with E-state index < -0.39 is 0 Å². The van der Waals surface area contributed by atoms with E-state index in [9.17, 15) is 9.65 Å². The Morgan fingerprint density at radius 1 is 1.19 bits per heavy atom. The summed E-state index contributed by atoms with van der Waals surface area (Å²) in [4.78, 5) is 9.32. The molecule has 0 saturated carbocycles. The molecule has 4 rings (SSSR count). The summed E-state index contributed by atoms with van der Waals surface area (Å²) in [7, 11) is 0. The molecular formula is C21H25FN4. The van der Waals surface area contributed by atoms with Crippen molar-refractivity contribution in [1.29, 1.82) is 5.26 Å². The van der Waals surface area contributed by atoms with Crippen LogP contribution in [-0.4, -0.2) is 41.6 Å². The number of halogens is 1. The van der Waals surface area contributed by atoms with Crippen LogP contribution in [0.4, 0.5) is 10.1 Å². The van der Waals surface area contributed by atoms with E-state index in [1.807, 2.05) is 6.92 Å². The summed E-state index contributed by atoms with van der Waals surface area (Å²) >= 11 is 0. The van der Waals surface area contributed by atoms with Crippen LogP contribution in [0, 0.1) is 24.1 Å². The fourth-order valence-corrected chi connectivity index (χ4v) is 4.76. The predicted octanol–water partition coefficient (Wildman–Crippen LogP) is 4.01. The number of anilines is 1. The topological polar surface area (TPSA) is 43.2 Å². The first-order chi connectivity index (χ1) is 12.6. The molecule has 0 amide bonds. The first kappa shape index (κ1) is 17.2. The van der Waals surface area contributed by atoms with Crippen molar-refractivity contribution in [2.75, 3.05) is 24.5 Å². The van der Waals surface area contributed by atoms with Crippen molar-refractivity contribution in [1.82, 2.24) is 9.88 Å². The van der Waals surface area contributed by atoms with Crippen LogP contribution in [0.15, 0.2) is 18.3 Å². The van der Waals surface area contributed by atoms with Crippen LogP contribution in [0.25, 0.3) is 10.9 Å². The van der Waals surface area contributed by atoms with Gasteiger partial charge in [0.2, 0.25) is 0 Å². The number of nitriles is 1. The van der Waals surface area contributed by atoms with Gasteiger partial charge < -0.3 is 4.90 Å². The number of hydrogen-bond donors (Lipinski definition) is 0. The highest BCUT2D eigenvalue weighted by atomic mass is 19.1. The van der Waals surface area contributed by atoms with Crippen molar-refractivity contribution in [3.63, 3.8) is 0 Å². The van der Waals surface area contributed by atoms with Gasteiger partial charge in [0.15, 0.2) is 0 Å². The molecule has 2 aromatic rings. The summed E-state index contributed by atoms with van der Waals surface area (Å²) < 4.78 is 14.1. The normalized spacial score (nSPS) is 22.1. The first-order valence-corrected chi connectivity index (χ1v) is 9.58. The average molecular weight is 352 g/mol. The molecule has 4 nitrogen and oxygen atoms in total. The number of nitrogens with zero attached hydrogens (tertiary/aromatic N) is 4. The molecule has 0 radical (unpaired) electrons. The second-order valence-electron chi connectivity index (χ2n) is 7.70. The maximum Gasteiger partial charge on any atom is 0.124 e. The van der Waals surface area contributed by atoms with Crippen molar-refractivity contribution in [3.05, 3.63) is 35.3 Å². The van der Waals surface area contributed by atoms with Crippen LogP contribution in [-0.2, 0) is 0 Å². The number of aryl methyl sites for hydroxylation is 1. The number of piperidine rings is 1. The molecule has 2 saturated heterocycles. The first-order valence-electron chi connectivity index (χ1n) is 9.58. The fraction of sp³-hybridized carbons (Fsp3) is 0.524. The SMILES string of the molecule is Cc1cc(F)cc2c(N3CCC(N4CCCC4C)CC3)c(C#N)cnc12. The summed E-state index contributed by atoms with van der Waals surface area (Å²) in [5, 5.41) is 10.3. The van der Waals surface area contributed by atoms with E-state index >= 15 is 0 Å². The lowest BCUT2D eigenvalue weighted by molar-refractivity contribution is 0.163. The molecule has 2 aliphatic rings. The number of likely N-dealkylation sites (tertiary alicyclic amines) is 1. The summed E-state index contributed by atoms with van der Waals surface area (Å²) in [6.45, 7) is 7.21. The number of aromatic nitrogens is 1. The molecule has 1 atom stereocenters. The van der Waals surface area contributed by atoms with E-state index in [0.29, 0.717) is 17.6 Å².